The minimum Gasteiger partial charge on any atom is -0.492 e. The minimum atomic E-state index is -0.103. The molecular weight excluding hydrogens is 370 g/mol. The average Bonchev–Trinajstić information content (AvgIpc) is 3.50. The number of carbonyl (C=O) groups excluding carboxylic acids is 1. The van der Waals surface area contributed by atoms with Crippen molar-refractivity contribution >= 4 is 11.9 Å². The molecule has 0 bridgehead atoms. The highest BCUT2D eigenvalue weighted by atomic mass is 16.5. The van der Waals surface area contributed by atoms with Crippen molar-refractivity contribution in [3.63, 3.8) is 0 Å². The van der Waals surface area contributed by atoms with Crippen molar-refractivity contribution in [1.29, 1.82) is 5.26 Å². The third kappa shape index (κ3) is 4.62. The molecule has 2 aromatic rings. The molecule has 152 valence electrons. The van der Waals surface area contributed by atoms with Crippen molar-refractivity contribution in [2.75, 3.05) is 44.2 Å². The highest BCUT2D eigenvalue weighted by Gasteiger charge is 2.32. The van der Waals surface area contributed by atoms with Crippen LogP contribution in [0.3, 0.4) is 0 Å². The third-order valence-corrected chi connectivity index (χ3v) is 5.15. The molecule has 8 heteroatoms. The van der Waals surface area contributed by atoms with E-state index in [9.17, 15) is 10.1 Å². The monoisotopic (exact) mass is 395 g/mol. The van der Waals surface area contributed by atoms with Crippen LogP contribution in [-0.2, 0) is 0 Å². The van der Waals surface area contributed by atoms with E-state index in [4.69, 9.17) is 9.15 Å². The summed E-state index contributed by atoms with van der Waals surface area (Å²) in [5.41, 5.74) is 1.48. The summed E-state index contributed by atoms with van der Waals surface area (Å²) in [7, 11) is 0. The average molecular weight is 395 g/mol. The molecule has 1 aliphatic heterocycles. The fourth-order valence-corrected chi connectivity index (χ4v) is 3.38. The molecule has 1 N–H and O–H groups in total. The number of oxazole rings is 1. The topological polar surface area (TPSA) is 94.6 Å². The first-order valence-electron chi connectivity index (χ1n) is 10.0. The second-order valence-electron chi connectivity index (χ2n) is 7.46. The Hall–Kier alpha value is -3.21. The zero-order valence-electron chi connectivity index (χ0n) is 16.6. The van der Waals surface area contributed by atoms with Crippen molar-refractivity contribution in [2.45, 2.75) is 25.7 Å². The van der Waals surface area contributed by atoms with E-state index in [0.717, 1.165) is 24.2 Å². The number of rotatable bonds is 6. The standard InChI is InChI=1S/C21H25N5O3/c1-15-3-2-4-17(13-15)28-12-7-23-21(27)26-10-8-25(9-11-26)20-18(14-22)24-19(29-20)16-5-6-16/h2-4,13,16H,5-12H2,1H3,(H,23,27). The molecule has 0 radical (unpaired) electrons. The van der Waals surface area contributed by atoms with Crippen molar-refractivity contribution < 1.29 is 13.9 Å². The van der Waals surface area contributed by atoms with Crippen LogP contribution in [0.25, 0.3) is 0 Å². The van der Waals surface area contributed by atoms with E-state index >= 15 is 0 Å². The molecule has 1 saturated heterocycles. The lowest BCUT2D eigenvalue weighted by Crippen LogP contribution is -2.52. The number of nitrogens with zero attached hydrogens (tertiary/aromatic N) is 4. The fourth-order valence-electron chi connectivity index (χ4n) is 3.38. The Morgan fingerprint density at radius 1 is 1.34 bits per heavy atom. The largest absolute Gasteiger partial charge is 0.492 e. The first-order chi connectivity index (χ1) is 14.1. The molecule has 1 saturated carbocycles. The number of ether oxygens (including phenoxy) is 1. The van der Waals surface area contributed by atoms with E-state index in [1.54, 1.807) is 4.90 Å². The summed E-state index contributed by atoms with van der Waals surface area (Å²) in [6.07, 6.45) is 2.15. The number of anilines is 1. The molecule has 1 aromatic heterocycles. The molecule has 0 spiro atoms. The first kappa shape index (κ1) is 19.1. The van der Waals surface area contributed by atoms with Gasteiger partial charge in [-0.15, -0.1) is 0 Å². The highest BCUT2D eigenvalue weighted by Crippen LogP contribution is 2.41. The van der Waals surface area contributed by atoms with Crippen LogP contribution in [0.4, 0.5) is 10.7 Å². The lowest BCUT2D eigenvalue weighted by molar-refractivity contribution is 0.190. The Balaban J connectivity index is 1.22. The maximum atomic E-state index is 12.4. The van der Waals surface area contributed by atoms with Gasteiger partial charge in [0.25, 0.3) is 0 Å². The van der Waals surface area contributed by atoms with Crippen molar-refractivity contribution in [1.82, 2.24) is 15.2 Å². The minimum absolute atomic E-state index is 0.103. The summed E-state index contributed by atoms with van der Waals surface area (Å²) in [4.78, 5) is 20.5. The van der Waals surface area contributed by atoms with Crippen LogP contribution in [0, 0.1) is 18.3 Å². The number of hydrogen-bond donors (Lipinski definition) is 1. The number of carbonyl (C=O) groups is 1. The number of amides is 2. The fraction of sp³-hybridized carbons (Fsp3) is 0.476. The Morgan fingerprint density at radius 3 is 2.83 bits per heavy atom. The lowest BCUT2D eigenvalue weighted by atomic mass is 10.2. The Morgan fingerprint density at radius 2 is 2.14 bits per heavy atom. The van der Waals surface area contributed by atoms with Gasteiger partial charge < -0.3 is 24.3 Å². The number of benzene rings is 1. The Kier molecular flexibility index (Phi) is 5.56. The van der Waals surface area contributed by atoms with E-state index < -0.39 is 0 Å². The Bertz CT molecular complexity index is 907. The molecule has 2 amide bonds. The van der Waals surface area contributed by atoms with Crippen LogP contribution < -0.4 is 15.0 Å². The van der Waals surface area contributed by atoms with Crippen LogP contribution in [-0.4, -0.2) is 55.2 Å². The van der Waals surface area contributed by atoms with Gasteiger partial charge in [-0.05, 0) is 37.5 Å². The molecule has 2 aliphatic rings. The molecule has 8 nitrogen and oxygen atoms in total. The number of urea groups is 1. The normalized spacial score (nSPS) is 16.4. The van der Waals surface area contributed by atoms with Crippen LogP contribution in [0.5, 0.6) is 5.75 Å². The van der Waals surface area contributed by atoms with E-state index in [1.165, 1.54) is 0 Å². The van der Waals surface area contributed by atoms with Gasteiger partial charge >= 0.3 is 6.03 Å². The molecule has 4 rings (SSSR count). The molecule has 0 unspecified atom stereocenters. The summed E-state index contributed by atoms with van der Waals surface area (Å²) in [5, 5.41) is 12.2. The summed E-state index contributed by atoms with van der Waals surface area (Å²) in [6.45, 7) is 5.23. The number of aryl methyl sites for hydroxylation is 1. The Labute approximate surface area is 170 Å². The van der Waals surface area contributed by atoms with Crippen molar-refractivity contribution in [3.05, 3.63) is 41.4 Å². The maximum Gasteiger partial charge on any atom is 0.317 e. The number of nitriles is 1. The van der Waals surface area contributed by atoms with Gasteiger partial charge in [0, 0.05) is 32.1 Å². The van der Waals surface area contributed by atoms with Gasteiger partial charge in [0.2, 0.25) is 17.5 Å². The van der Waals surface area contributed by atoms with Gasteiger partial charge in [-0.25, -0.2) is 9.78 Å². The predicted octanol–water partition coefficient (Wildman–Crippen LogP) is 2.64. The van der Waals surface area contributed by atoms with Crippen LogP contribution in [0.15, 0.2) is 28.7 Å². The SMILES string of the molecule is Cc1cccc(OCCNC(=O)N2CCN(c3oc(C4CC4)nc3C#N)CC2)c1. The van der Waals surface area contributed by atoms with Gasteiger partial charge in [-0.3, -0.25) is 0 Å². The summed E-state index contributed by atoms with van der Waals surface area (Å²) < 4.78 is 11.5. The first-order valence-corrected chi connectivity index (χ1v) is 10.0. The lowest BCUT2D eigenvalue weighted by Gasteiger charge is -2.34. The molecule has 29 heavy (non-hydrogen) atoms. The van der Waals surface area contributed by atoms with E-state index in [2.05, 4.69) is 16.4 Å². The number of hydrogen-bond acceptors (Lipinski definition) is 6. The highest BCUT2D eigenvalue weighted by molar-refractivity contribution is 5.74. The van der Waals surface area contributed by atoms with Gasteiger partial charge in [0.15, 0.2) is 0 Å². The molecule has 0 atom stereocenters. The smallest absolute Gasteiger partial charge is 0.317 e. The van der Waals surface area contributed by atoms with Crippen molar-refractivity contribution in [2.24, 2.45) is 0 Å². The zero-order chi connectivity index (χ0) is 20.2. The second kappa shape index (κ2) is 8.43. The second-order valence-corrected chi connectivity index (χ2v) is 7.46. The van der Waals surface area contributed by atoms with Gasteiger partial charge in [0.05, 0.1) is 6.54 Å². The van der Waals surface area contributed by atoms with Gasteiger partial charge in [0.1, 0.15) is 18.4 Å². The third-order valence-electron chi connectivity index (χ3n) is 5.15. The molecule has 1 aromatic carbocycles. The molecular formula is C21H25N5O3. The summed E-state index contributed by atoms with van der Waals surface area (Å²) >= 11 is 0. The van der Waals surface area contributed by atoms with Gasteiger partial charge in [-0.2, -0.15) is 5.26 Å². The number of nitrogens with one attached hydrogen (secondary N) is 1. The van der Waals surface area contributed by atoms with Crippen LogP contribution in [0.2, 0.25) is 0 Å². The van der Waals surface area contributed by atoms with Gasteiger partial charge in [-0.1, -0.05) is 12.1 Å². The van der Waals surface area contributed by atoms with E-state index in [-0.39, 0.29) is 6.03 Å². The molecule has 1 aliphatic carbocycles. The maximum absolute atomic E-state index is 12.4. The predicted molar refractivity (Wildman–Crippen MR) is 107 cm³/mol. The van der Waals surface area contributed by atoms with E-state index in [1.807, 2.05) is 36.1 Å². The quantitative estimate of drug-likeness (QED) is 0.756. The molecule has 2 heterocycles. The van der Waals surface area contributed by atoms with Crippen molar-refractivity contribution in [3.8, 4) is 11.8 Å². The zero-order valence-corrected chi connectivity index (χ0v) is 16.6. The van der Waals surface area contributed by atoms with Crippen LogP contribution >= 0.6 is 0 Å². The number of piperazine rings is 1. The summed E-state index contributed by atoms with van der Waals surface area (Å²) in [6, 6.07) is 9.86. The summed E-state index contributed by atoms with van der Waals surface area (Å²) in [5.74, 6) is 2.38. The number of aromatic nitrogens is 1. The van der Waals surface area contributed by atoms with Crippen LogP contribution in [0.1, 0.15) is 35.9 Å². The molecule has 2 fully saturated rings. The van der Waals surface area contributed by atoms with E-state index in [0.29, 0.717) is 62.7 Å².